The molecule has 112 valence electrons. The van der Waals surface area contributed by atoms with Crippen LogP contribution in [0, 0.1) is 11.6 Å². The van der Waals surface area contributed by atoms with Gasteiger partial charge in [-0.1, -0.05) is 37.3 Å². The van der Waals surface area contributed by atoms with Gasteiger partial charge in [0.15, 0.2) is 11.6 Å². The van der Waals surface area contributed by atoms with Gasteiger partial charge in [-0.2, -0.15) is 0 Å². The summed E-state index contributed by atoms with van der Waals surface area (Å²) in [6, 6.07) is 12.9. The Kier molecular flexibility index (Phi) is 5.28. The van der Waals surface area contributed by atoms with Crippen molar-refractivity contribution < 1.29 is 13.5 Å². The van der Waals surface area contributed by atoms with Gasteiger partial charge in [-0.05, 0) is 31.2 Å². The minimum absolute atomic E-state index is 0.0682. The summed E-state index contributed by atoms with van der Waals surface area (Å²) in [5, 5.41) is 3.31. The van der Waals surface area contributed by atoms with Crippen molar-refractivity contribution in [3.63, 3.8) is 0 Å². The van der Waals surface area contributed by atoms with Crippen molar-refractivity contribution in [1.82, 2.24) is 5.32 Å². The molecule has 2 aromatic carbocycles. The fraction of sp³-hybridized carbons (Fsp3) is 0.294. The van der Waals surface area contributed by atoms with E-state index >= 15 is 0 Å². The molecule has 2 aromatic rings. The average Bonchev–Trinajstić information content (AvgIpc) is 2.49. The number of nitrogens with one attached hydrogen (secondary N) is 1. The fourth-order valence-corrected chi connectivity index (χ4v) is 2.27. The molecule has 21 heavy (non-hydrogen) atoms. The molecular weight excluding hydrogens is 272 g/mol. The zero-order valence-electron chi connectivity index (χ0n) is 12.1. The maximum absolute atomic E-state index is 13.7. The maximum atomic E-state index is 13.7. The van der Waals surface area contributed by atoms with E-state index in [9.17, 15) is 8.78 Å². The predicted molar refractivity (Wildman–Crippen MR) is 79.3 cm³/mol. The van der Waals surface area contributed by atoms with Gasteiger partial charge in [0.25, 0.3) is 0 Å². The SMILES string of the molecule is CCNC(c1ccccc1)C(C)Oc1cc(F)ccc1F. The van der Waals surface area contributed by atoms with Gasteiger partial charge >= 0.3 is 0 Å². The number of rotatable bonds is 6. The zero-order chi connectivity index (χ0) is 15.2. The Hall–Kier alpha value is -1.94. The summed E-state index contributed by atoms with van der Waals surface area (Å²) in [5.41, 5.74) is 1.05. The van der Waals surface area contributed by atoms with Gasteiger partial charge in [0.1, 0.15) is 11.9 Å². The van der Waals surface area contributed by atoms with Crippen LogP contribution in [0.4, 0.5) is 8.78 Å². The van der Waals surface area contributed by atoms with Gasteiger partial charge in [-0.3, -0.25) is 0 Å². The molecule has 2 rings (SSSR count). The summed E-state index contributed by atoms with van der Waals surface area (Å²) < 4.78 is 32.5. The molecular formula is C17H19F2NO. The van der Waals surface area contributed by atoms with Crippen molar-refractivity contribution in [2.24, 2.45) is 0 Å². The van der Waals surface area contributed by atoms with Gasteiger partial charge in [-0.15, -0.1) is 0 Å². The molecule has 0 aliphatic rings. The minimum atomic E-state index is -0.563. The molecule has 1 N–H and O–H groups in total. The Morgan fingerprint density at radius 2 is 1.81 bits per heavy atom. The predicted octanol–water partition coefficient (Wildman–Crippen LogP) is 4.08. The summed E-state index contributed by atoms with van der Waals surface area (Å²) in [5.74, 6) is -1.15. The zero-order valence-corrected chi connectivity index (χ0v) is 12.1. The molecule has 2 atom stereocenters. The van der Waals surface area contributed by atoms with E-state index in [0.717, 1.165) is 30.3 Å². The summed E-state index contributed by atoms with van der Waals surface area (Å²) in [6.45, 7) is 4.58. The molecule has 0 spiro atoms. The molecule has 0 fully saturated rings. The molecule has 2 unspecified atom stereocenters. The van der Waals surface area contributed by atoms with E-state index in [1.54, 1.807) is 0 Å². The minimum Gasteiger partial charge on any atom is -0.486 e. The second kappa shape index (κ2) is 7.18. The Bertz CT molecular complexity index is 574. The van der Waals surface area contributed by atoms with E-state index in [0.29, 0.717) is 0 Å². The number of likely N-dealkylation sites (N-methyl/N-ethyl adjacent to an activating group) is 1. The van der Waals surface area contributed by atoms with Crippen LogP contribution in [0.2, 0.25) is 0 Å². The highest BCUT2D eigenvalue weighted by molar-refractivity contribution is 5.26. The molecule has 0 aliphatic carbocycles. The number of hydrogen-bond donors (Lipinski definition) is 1. The van der Waals surface area contributed by atoms with Crippen molar-refractivity contribution >= 4 is 0 Å². The molecule has 0 aromatic heterocycles. The molecule has 0 aliphatic heterocycles. The lowest BCUT2D eigenvalue weighted by atomic mass is 10.0. The number of benzene rings is 2. The van der Waals surface area contributed by atoms with Crippen LogP contribution < -0.4 is 10.1 Å². The van der Waals surface area contributed by atoms with Gasteiger partial charge < -0.3 is 10.1 Å². The summed E-state index contributed by atoms with van der Waals surface area (Å²) >= 11 is 0. The first-order valence-corrected chi connectivity index (χ1v) is 7.02. The van der Waals surface area contributed by atoms with Crippen LogP contribution in [0.25, 0.3) is 0 Å². The average molecular weight is 291 g/mol. The lowest BCUT2D eigenvalue weighted by Gasteiger charge is -2.26. The molecule has 0 heterocycles. The monoisotopic (exact) mass is 291 g/mol. The third-order valence-corrected chi connectivity index (χ3v) is 3.26. The summed E-state index contributed by atoms with van der Waals surface area (Å²) in [4.78, 5) is 0. The number of hydrogen-bond acceptors (Lipinski definition) is 2. The van der Waals surface area contributed by atoms with E-state index in [1.807, 2.05) is 44.2 Å². The lowest BCUT2D eigenvalue weighted by Crippen LogP contribution is -2.34. The van der Waals surface area contributed by atoms with Crippen molar-refractivity contribution in [3.8, 4) is 5.75 Å². The van der Waals surface area contributed by atoms with E-state index in [1.165, 1.54) is 0 Å². The Balaban J connectivity index is 2.19. The lowest BCUT2D eigenvalue weighted by molar-refractivity contribution is 0.164. The topological polar surface area (TPSA) is 21.3 Å². The van der Waals surface area contributed by atoms with Gasteiger partial charge in [-0.25, -0.2) is 8.78 Å². The maximum Gasteiger partial charge on any atom is 0.165 e. The molecule has 0 saturated heterocycles. The van der Waals surface area contributed by atoms with Crippen molar-refractivity contribution in [3.05, 3.63) is 65.7 Å². The molecule has 0 radical (unpaired) electrons. The fourth-order valence-electron chi connectivity index (χ4n) is 2.27. The normalized spacial score (nSPS) is 13.7. The molecule has 2 nitrogen and oxygen atoms in total. The van der Waals surface area contributed by atoms with Crippen LogP contribution in [0.15, 0.2) is 48.5 Å². The largest absolute Gasteiger partial charge is 0.486 e. The molecule has 0 bridgehead atoms. The van der Waals surface area contributed by atoms with E-state index in [4.69, 9.17) is 4.74 Å². The van der Waals surface area contributed by atoms with Gasteiger partial charge in [0.2, 0.25) is 0 Å². The standard InChI is InChI=1S/C17H19F2NO/c1-3-20-17(13-7-5-4-6-8-13)12(2)21-16-11-14(18)9-10-15(16)19/h4-12,17,20H,3H2,1-2H3. The summed E-state index contributed by atoms with van der Waals surface area (Å²) in [7, 11) is 0. The van der Waals surface area contributed by atoms with Crippen LogP contribution in [0.3, 0.4) is 0 Å². The highest BCUT2D eigenvalue weighted by Crippen LogP contribution is 2.24. The highest BCUT2D eigenvalue weighted by Gasteiger charge is 2.21. The van der Waals surface area contributed by atoms with Gasteiger partial charge in [0.05, 0.1) is 6.04 Å². The van der Waals surface area contributed by atoms with E-state index in [-0.39, 0.29) is 17.9 Å². The smallest absolute Gasteiger partial charge is 0.165 e. The van der Waals surface area contributed by atoms with Crippen molar-refractivity contribution in [2.45, 2.75) is 26.0 Å². The van der Waals surface area contributed by atoms with Crippen LogP contribution in [0.5, 0.6) is 5.75 Å². The first-order chi connectivity index (χ1) is 10.1. The van der Waals surface area contributed by atoms with Crippen LogP contribution in [0.1, 0.15) is 25.5 Å². The first kappa shape index (κ1) is 15.4. The van der Waals surface area contributed by atoms with Crippen LogP contribution in [-0.4, -0.2) is 12.6 Å². The second-order valence-electron chi connectivity index (χ2n) is 4.84. The van der Waals surface area contributed by atoms with Crippen molar-refractivity contribution in [2.75, 3.05) is 6.54 Å². The third-order valence-electron chi connectivity index (χ3n) is 3.26. The van der Waals surface area contributed by atoms with Gasteiger partial charge in [0, 0.05) is 6.07 Å². The summed E-state index contributed by atoms with van der Waals surface area (Å²) in [6.07, 6.45) is -0.344. The number of ether oxygens (including phenoxy) is 1. The van der Waals surface area contributed by atoms with E-state index < -0.39 is 11.6 Å². The van der Waals surface area contributed by atoms with Crippen LogP contribution >= 0.6 is 0 Å². The second-order valence-corrected chi connectivity index (χ2v) is 4.84. The molecule has 0 saturated carbocycles. The third kappa shape index (κ3) is 4.02. The Labute approximate surface area is 123 Å². The molecule has 4 heteroatoms. The van der Waals surface area contributed by atoms with Crippen LogP contribution in [-0.2, 0) is 0 Å². The van der Waals surface area contributed by atoms with E-state index in [2.05, 4.69) is 5.32 Å². The molecule has 0 amide bonds. The van der Waals surface area contributed by atoms with Crippen molar-refractivity contribution in [1.29, 1.82) is 0 Å². The number of halogens is 2. The highest BCUT2D eigenvalue weighted by atomic mass is 19.1. The quantitative estimate of drug-likeness (QED) is 0.865. The first-order valence-electron chi connectivity index (χ1n) is 7.02. The Morgan fingerprint density at radius 3 is 2.48 bits per heavy atom. The Morgan fingerprint density at radius 1 is 1.10 bits per heavy atom.